The average molecular weight is 504 g/mol. The fourth-order valence-corrected chi connectivity index (χ4v) is 5.57. The molecule has 1 amide bonds. The predicted molar refractivity (Wildman–Crippen MR) is 152 cm³/mol. The van der Waals surface area contributed by atoms with Crippen LogP contribution in [0.4, 0.5) is 0 Å². The number of hydrogen-bond acceptors (Lipinski definition) is 4. The van der Waals surface area contributed by atoms with Crippen LogP contribution in [0.5, 0.6) is 0 Å². The van der Waals surface area contributed by atoms with Crippen LogP contribution in [-0.2, 0) is 11.3 Å². The minimum Gasteiger partial charge on any atom is -0.340 e. The van der Waals surface area contributed by atoms with Gasteiger partial charge in [-0.25, -0.2) is 0 Å². The number of amides is 1. The molecule has 3 heterocycles. The molecular formula is C30H25N5OS. The van der Waals surface area contributed by atoms with Crippen molar-refractivity contribution < 1.29 is 4.79 Å². The summed E-state index contributed by atoms with van der Waals surface area (Å²) in [7, 11) is 0. The maximum atomic E-state index is 13.1. The largest absolute Gasteiger partial charge is 0.340 e. The third-order valence-corrected chi connectivity index (χ3v) is 7.74. The van der Waals surface area contributed by atoms with Crippen molar-refractivity contribution in [2.45, 2.75) is 27.3 Å². The first kappa shape index (κ1) is 23.2. The zero-order chi connectivity index (χ0) is 25.7. The Labute approximate surface area is 219 Å². The second-order valence-electron chi connectivity index (χ2n) is 9.38. The van der Waals surface area contributed by atoms with Gasteiger partial charge in [0.1, 0.15) is 5.04 Å². The number of amidine groups is 2. The third kappa shape index (κ3) is 4.11. The minimum atomic E-state index is -0.418. The van der Waals surface area contributed by atoms with E-state index in [4.69, 9.17) is 5.41 Å². The molecule has 0 unspecified atom stereocenters. The first-order valence-electron chi connectivity index (χ1n) is 12.1. The summed E-state index contributed by atoms with van der Waals surface area (Å²) < 4.78 is 2.26. The molecule has 37 heavy (non-hydrogen) atoms. The Hall–Kier alpha value is -4.23. The molecule has 0 radical (unpaired) electrons. The van der Waals surface area contributed by atoms with Gasteiger partial charge in [0.25, 0.3) is 5.91 Å². The van der Waals surface area contributed by atoms with Crippen molar-refractivity contribution in [3.8, 4) is 0 Å². The molecule has 1 N–H and O–H groups in total. The van der Waals surface area contributed by atoms with E-state index in [0.717, 1.165) is 44.9 Å². The predicted octanol–water partition coefficient (Wildman–Crippen LogP) is 6.28. The quantitative estimate of drug-likeness (QED) is 0.333. The SMILES string of the molecule is Cc1ccc(Cn2c(C)c(/C=C3/C(=N)N4N=C(c5ccc(C)cc5)SC4=NC3=O)c3ccccc32)cc1. The number of nitrogens with zero attached hydrogens (tertiary/aromatic N) is 4. The molecule has 2 aliphatic heterocycles. The van der Waals surface area contributed by atoms with Crippen LogP contribution in [0.25, 0.3) is 17.0 Å². The number of hydrogen-bond donors (Lipinski definition) is 1. The molecule has 0 fully saturated rings. The summed E-state index contributed by atoms with van der Waals surface area (Å²) in [6.07, 6.45) is 1.80. The van der Waals surface area contributed by atoms with Crippen molar-refractivity contribution in [3.05, 3.63) is 112 Å². The maximum Gasteiger partial charge on any atom is 0.283 e. The van der Waals surface area contributed by atoms with Gasteiger partial charge in [-0.1, -0.05) is 77.9 Å². The van der Waals surface area contributed by atoms with Crippen molar-refractivity contribution in [1.29, 1.82) is 5.41 Å². The molecule has 1 aromatic heterocycles. The number of aromatic nitrogens is 1. The van der Waals surface area contributed by atoms with Gasteiger partial charge < -0.3 is 4.57 Å². The Bertz CT molecular complexity index is 1670. The van der Waals surface area contributed by atoms with Gasteiger partial charge in [0, 0.05) is 34.3 Å². The Kier molecular flexibility index (Phi) is 5.65. The molecule has 7 heteroatoms. The third-order valence-electron chi connectivity index (χ3n) is 6.78. The highest BCUT2D eigenvalue weighted by atomic mass is 32.2. The molecule has 0 saturated carbocycles. The van der Waals surface area contributed by atoms with E-state index in [2.05, 4.69) is 64.9 Å². The van der Waals surface area contributed by atoms with E-state index < -0.39 is 5.91 Å². The number of aryl methyl sites for hydroxylation is 2. The number of hydrazone groups is 1. The number of thioether (sulfide) groups is 1. The zero-order valence-corrected chi connectivity index (χ0v) is 21.6. The van der Waals surface area contributed by atoms with Gasteiger partial charge in [0.2, 0.25) is 5.17 Å². The van der Waals surface area contributed by atoms with Crippen LogP contribution in [-0.4, -0.2) is 31.5 Å². The van der Waals surface area contributed by atoms with Gasteiger partial charge in [-0.05, 0) is 50.2 Å². The molecular weight excluding hydrogens is 478 g/mol. The summed E-state index contributed by atoms with van der Waals surface area (Å²) in [6.45, 7) is 6.90. The standard InChI is InChI=1S/C30H25N5OS/c1-18-8-12-21(13-9-18)17-34-20(3)24(23-6-4-5-7-26(23)34)16-25-27(31)35-30(32-28(25)36)37-29(33-35)22-14-10-19(2)11-15-22/h4-16,31H,17H2,1-3H3/b25-16-,31-27?. The molecule has 2 aliphatic rings. The molecule has 0 bridgehead atoms. The fourth-order valence-electron chi connectivity index (χ4n) is 4.67. The van der Waals surface area contributed by atoms with Crippen molar-refractivity contribution in [2.75, 3.05) is 0 Å². The molecule has 6 rings (SSSR count). The van der Waals surface area contributed by atoms with Crippen LogP contribution in [0.1, 0.15) is 33.5 Å². The molecule has 182 valence electrons. The van der Waals surface area contributed by atoms with Gasteiger partial charge in [-0.2, -0.15) is 15.1 Å². The number of fused-ring (bicyclic) bond motifs is 2. The summed E-state index contributed by atoms with van der Waals surface area (Å²) in [5, 5.41) is 17.1. The number of nitrogens with one attached hydrogen (secondary N) is 1. The number of carbonyl (C=O) groups excluding carboxylic acids is 1. The Morgan fingerprint density at radius 3 is 2.32 bits per heavy atom. The number of benzene rings is 3. The van der Waals surface area contributed by atoms with Crippen molar-refractivity contribution in [1.82, 2.24) is 9.58 Å². The van der Waals surface area contributed by atoms with E-state index in [1.54, 1.807) is 6.08 Å². The highest BCUT2D eigenvalue weighted by Gasteiger charge is 2.36. The Morgan fingerprint density at radius 1 is 0.919 bits per heavy atom. The zero-order valence-electron chi connectivity index (χ0n) is 20.8. The fraction of sp³-hybridized carbons (Fsp3) is 0.133. The molecule has 0 spiro atoms. The summed E-state index contributed by atoms with van der Waals surface area (Å²) in [5.41, 5.74) is 7.80. The normalized spacial score (nSPS) is 16.4. The molecule has 4 aromatic rings. The Morgan fingerprint density at radius 2 is 1.59 bits per heavy atom. The lowest BCUT2D eigenvalue weighted by atomic mass is 10.1. The summed E-state index contributed by atoms with van der Waals surface area (Å²) in [4.78, 5) is 17.4. The van der Waals surface area contributed by atoms with E-state index in [0.29, 0.717) is 5.17 Å². The lowest BCUT2D eigenvalue weighted by Gasteiger charge is -2.20. The monoisotopic (exact) mass is 503 g/mol. The van der Waals surface area contributed by atoms with Gasteiger partial charge in [-0.3, -0.25) is 10.2 Å². The topological polar surface area (TPSA) is 73.8 Å². The van der Waals surface area contributed by atoms with E-state index in [-0.39, 0.29) is 11.4 Å². The van der Waals surface area contributed by atoms with Crippen molar-refractivity contribution in [3.63, 3.8) is 0 Å². The van der Waals surface area contributed by atoms with Gasteiger partial charge in [0.05, 0.1) is 5.57 Å². The van der Waals surface area contributed by atoms with Crippen LogP contribution >= 0.6 is 11.8 Å². The highest BCUT2D eigenvalue weighted by Crippen LogP contribution is 2.33. The van der Waals surface area contributed by atoms with Crippen LogP contribution in [0, 0.1) is 26.2 Å². The first-order chi connectivity index (χ1) is 17.9. The second kappa shape index (κ2) is 9.01. The van der Waals surface area contributed by atoms with Crippen LogP contribution in [0.3, 0.4) is 0 Å². The second-order valence-corrected chi connectivity index (χ2v) is 10.3. The summed E-state index contributed by atoms with van der Waals surface area (Å²) in [6, 6.07) is 24.7. The van der Waals surface area contributed by atoms with E-state index in [1.807, 2.05) is 43.3 Å². The molecule has 0 aliphatic carbocycles. The van der Waals surface area contributed by atoms with E-state index in [9.17, 15) is 4.79 Å². The van der Waals surface area contributed by atoms with Crippen molar-refractivity contribution >= 4 is 50.7 Å². The van der Waals surface area contributed by atoms with Crippen LogP contribution in [0.15, 0.2) is 88.5 Å². The van der Waals surface area contributed by atoms with Gasteiger partial charge in [-0.15, -0.1) is 0 Å². The van der Waals surface area contributed by atoms with Crippen LogP contribution in [0.2, 0.25) is 0 Å². The molecule has 0 saturated heterocycles. The first-order valence-corrected chi connectivity index (χ1v) is 12.9. The number of para-hydroxylation sites is 1. The van der Waals surface area contributed by atoms with E-state index in [1.165, 1.54) is 27.9 Å². The average Bonchev–Trinajstić information content (AvgIpc) is 3.43. The summed E-state index contributed by atoms with van der Waals surface area (Å²) >= 11 is 1.31. The van der Waals surface area contributed by atoms with Gasteiger partial charge in [0.15, 0.2) is 5.84 Å². The lowest BCUT2D eigenvalue weighted by molar-refractivity contribution is -0.114. The number of aliphatic imine (C=N–C) groups is 1. The molecule has 6 nitrogen and oxygen atoms in total. The van der Waals surface area contributed by atoms with E-state index >= 15 is 0 Å². The molecule has 0 atom stereocenters. The number of rotatable bonds is 4. The minimum absolute atomic E-state index is 0.0411. The lowest BCUT2D eigenvalue weighted by Crippen LogP contribution is -2.35. The van der Waals surface area contributed by atoms with Crippen molar-refractivity contribution in [2.24, 2.45) is 10.1 Å². The number of carbonyl (C=O) groups is 1. The Balaban J connectivity index is 1.40. The summed E-state index contributed by atoms with van der Waals surface area (Å²) in [5.74, 6) is -0.377. The molecule has 3 aromatic carbocycles. The smallest absolute Gasteiger partial charge is 0.283 e. The van der Waals surface area contributed by atoms with Gasteiger partial charge >= 0.3 is 0 Å². The maximum absolute atomic E-state index is 13.1. The van der Waals surface area contributed by atoms with Crippen LogP contribution < -0.4 is 0 Å². The highest BCUT2D eigenvalue weighted by molar-refractivity contribution is 8.27.